The van der Waals surface area contributed by atoms with Gasteiger partial charge in [0.15, 0.2) is 0 Å². The molecule has 4 nitrogen and oxygen atoms in total. The van der Waals surface area contributed by atoms with Crippen LogP contribution in [0.1, 0.15) is 70.4 Å². The lowest BCUT2D eigenvalue weighted by Gasteiger charge is -2.45. The third kappa shape index (κ3) is 5.55. The quantitative estimate of drug-likeness (QED) is 0.242. The molecule has 1 heterocycles. The maximum absolute atomic E-state index is 15.7. The molecular formula is C35H40BrNO3S. The van der Waals surface area contributed by atoms with Crippen LogP contribution < -0.4 is 0 Å². The number of halogens is 1. The Morgan fingerprint density at radius 1 is 1.02 bits per heavy atom. The van der Waals surface area contributed by atoms with Crippen LogP contribution in [0.3, 0.4) is 0 Å². The molecule has 4 aliphatic rings. The van der Waals surface area contributed by atoms with Crippen molar-refractivity contribution in [3.8, 4) is 0 Å². The summed E-state index contributed by atoms with van der Waals surface area (Å²) >= 11 is 3.63. The summed E-state index contributed by atoms with van der Waals surface area (Å²) in [4.78, 5) is 18.5. The third-order valence-electron chi connectivity index (χ3n) is 8.92. The van der Waals surface area contributed by atoms with Gasteiger partial charge in [0.2, 0.25) is 0 Å². The van der Waals surface area contributed by atoms with Crippen LogP contribution in [0.15, 0.2) is 87.8 Å². The number of rotatable bonds is 6. The fourth-order valence-electron chi connectivity index (χ4n) is 6.46. The van der Waals surface area contributed by atoms with E-state index in [0.717, 1.165) is 52.0 Å². The lowest BCUT2D eigenvalue weighted by molar-refractivity contribution is -0.159. The molecule has 216 valence electrons. The largest absolute Gasteiger partial charge is 0.459 e. The van der Waals surface area contributed by atoms with Gasteiger partial charge in [-0.1, -0.05) is 70.0 Å². The number of hydrogen-bond acceptors (Lipinski definition) is 4. The van der Waals surface area contributed by atoms with E-state index in [1.165, 1.54) is 16.7 Å². The molecule has 2 aromatic rings. The number of carbonyl (C=O) groups excluding carboxylic acids is 1. The van der Waals surface area contributed by atoms with E-state index in [2.05, 4.69) is 75.5 Å². The van der Waals surface area contributed by atoms with Gasteiger partial charge in [0, 0.05) is 44.5 Å². The number of carbonyl (C=O) groups is 1. The summed E-state index contributed by atoms with van der Waals surface area (Å²) in [6.45, 7) is 7.97. The molecular weight excluding hydrogens is 594 g/mol. The lowest BCUT2D eigenvalue weighted by Crippen LogP contribution is -2.57. The lowest BCUT2D eigenvalue weighted by atomic mass is 9.94. The highest BCUT2D eigenvalue weighted by Gasteiger charge is 2.53. The first-order chi connectivity index (χ1) is 19.6. The molecule has 2 aromatic carbocycles. The Morgan fingerprint density at radius 2 is 1.71 bits per heavy atom. The van der Waals surface area contributed by atoms with Gasteiger partial charge in [-0.3, -0.25) is 13.9 Å². The van der Waals surface area contributed by atoms with Crippen molar-refractivity contribution >= 4 is 41.9 Å². The summed E-state index contributed by atoms with van der Waals surface area (Å²) in [7, 11) is -2.84. The highest BCUT2D eigenvalue weighted by molar-refractivity contribution is 9.11. The normalized spacial score (nSPS) is 23.6. The van der Waals surface area contributed by atoms with Crippen LogP contribution in [0.2, 0.25) is 0 Å². The van der Waals surface area contributed by atoms with Crippen molar-refractivity contribution < 1.29 is 13.7 Å². The Morgan fingerprint density at radius 3 is 2.32 bits per heavy atom. The summed E-state index contributed by atoms with van der Waals surface area (Å²) in [5.74, 6) is 0.159. The zero-order valence-corrected chi connectivity index (χ0v) is 26.7. The zero-order chi connectivity index (χ0) is 28.8. The van der Waals surface area contributed by atoms with Crippen LogP contribution in [-0.2, 0) is 25.6 Å². The average Bonchev–Trinajstić information content (AvgIpc) is 3.68. The van der Waals surface area contributed by atoms with Gasteiger partial charge >= 0.3 is 5.97 Å². The molecule has 2 saturated carbocycles. The van der Waals surface area contributed by atoms with Crippen LogP contribution >= 0.6 is 15.9 Å². The molecule has 6 heteroatoms. The molecule has 1 aliphatic heterocycles. The van der Waals surface area contributed by atoms with Gasteiger partial charge in [-0.15, -0.1) is 0 Å². The monoisotopic (exact) mass is 633 g/mol. The van der Waals surface area contributed by atoms with E-state index < -0.39 is 19.9 Å². The van der Waals surface area contributed by atoms with Gasteiger partial charge < -0.3 is 4.74 Å². The van der Waals surface area contributed by atoms with E-state index in [1.807, 2.05) is 39.0 Å². The second-order valence-corrected chi connectivity index (χ2v) is 16.7. The van der Waals surface area contributed by atoms with Crippen molar-refractivity contribution in [2.45, 2.75) is 81.1 Å². The maximum Gasteiger partial charge on any atom is 0.325 e. The van der Waals surface area contributed by atoms with Crippen LogP contribution in [-0.4, -0.2) is 43.4 Å². The van der Waals surface area contributed by atoms with E-state index in [0.29, 0.717) is 31.8 Å². The molecule has 2 unspecified atom stereocenters. The summed E-state index contributed by atoms with van der Waals surface area (Å²) < 4.78 is 21.8. The number of benzene rings is 2. The SMILES string of the molecule is CC(C)(C)OC(=O)C1(S(=O)(=C2CCC2)c2ccc(C3=CC=C(Br)C=C4CC43)cc2)CCN(Cc2ccccc2)CC1. The van der Waals surface area contributed by atoms with Crippen LogP contribution in [0.5, 0.6) is 0 Å². The van der Waals surface area contributed by atoms with Crippen molar-refractivity contribution in [2.75, 3.05) is 13.1 Å². The van der Waals surface area contributed by atoms with Gasteiger partial charge in [-0.25, -0.2) is 0 Å². The number of fused-ring (bicyclic) bond motifs is 1. The first kappa shape index (κ1) is 28.7. The number of allylic oxidation sites excluding steroid dienone is 6. The first-order valence-electron chi connectivity index (χ1n) is 14.9. The second-order valence-electron chi connectivity index (χ2n) is 12.9. The molecule has 0 aromatic heterocycles. The Bertz CT molecular complexity index is 1540. The van der Waals surface area contributed by atoms with Crippen molar-refractivity contribution in [1.29, 1.82) is 0 Å². The molecule has 1 saturated heterocycles. The standard InChI is InChI=1S/C35H40BrNO3S/c1-34(2,3)40-33(38)35(18-20-37(21-19-35)24-25-8-5-4-6-9-25)41(39,29-10-7-11-29)30-15-12-26(13-16-30)31-17-14-28(36)22-27-23-32(27)31/h4-6,8-9,12-17,22,32H,7,10-11,18-21,23-24H2,1-3H3. The smallest absolute Gasteiger partial charge is 0.325 e. The van der Waals surface area contributed by atoms with E-state index in [4.69, 9.17) is 4.74 Å². The molecule has 0 radical (unpaired) electrons. The third-order valence-corrected chi connectivity index (χ3v) is 13.2. The summed E-state index contributed by atoms with van der Waals surface area (Å²) in [6.07, 6.45) is 11.3. The van der Waals surface area contributed by atoms with Crippen molar-refractivity contribution in [3.05, 3.63) is 94.0 Å². The Balaban J connectivity index is 1.37. The molecule has 2 atom stereocenters. The molecule has 41 heavy (non-hydrogen) atoms. The maximum atomic E-state index is 15.7. The minimum atomic E-state index is -2.84. The Kier molecular flexibility index (Phi) is 7.71. The van der Waals surface area contributed by atoms with Gasteiger partial charge in [0.1, 0.15) is 10.3 Å². The minimum absolute atomic E-state index is 0.299. The molecule has 0 N–H and O–H groups in total. The van der Waals surface area contributed by atoms with Crippen LogP contribution in [0, 0.1) is 5.92 Å². The summed E-state index contributed by atoms with van der Waals surface area (Å²) in [5, 5.41) is 0. The summed E-state index contributed by atoms with van der Waals surface area (Å²) in [6, 6.07) is 18.8. The average molecular weight is 635 g/mol. The van der Waals surface area contributed by atoms with Crippen molar-refractivity contribution in [2.24, 2.45) is 5.92 Å². The van der Waals surface area contributed by atoms with E-state index in [9.17, 15) is 4.79 Å². The van der Waals surface area contributed by atoms with Crippen LogP contribution in [0.25, 0.3) is 5.57 Å². The fourth-order valence-corrected chi connectivity index (χ4v) is 10.6. The first-order valence-corrected chi connectivity index (χ1v) is 17.2. The zero-order valence-electron chi connectivity index (χ0n) is 24.3. The molecule has 0 amide bonds. The minimum Gasteiger partial charge on any atom is -0.459 e. The highest BCUT2D eigenvalue weighted by atomic mass is 79.9. The molecule has 6 rings (SSSR count). The van der Waals surface area contributed by atoms with Gasteiger partial charge in [0.05, 0.1) is 0 Å². The molecule has 0 bridgehead atoms. The molecule has 0 spiro atoms. The van der Waals surface area contributed by atoms with Gasteiger partial charge in [-0.05, 0) is 105 Å². The second kappa shape index (κ2) is 11.0. The van der Waals surface area contributed by atoms with Crippen molar-refractivity contribution in [3.63, 3.8) is 0 Å². The number of ether oxygens (including phenoxy) is 1. The number of nitrogens with zero attached hydrogens (tertiary/aromatic N) is 1. The topological polar surface area (TPSA) is 46.6 Å². The highest BCUT2D eigenvalue weighted by Crippen LogP contribution is 2.50. The van der Waals surface area contributed by atoms with E-state index >= 15 is 4.21 Å². The fraction of sp³-hybridized carbons (Fsp3) is 0.429. The number of hydrogen-bond donors (Lipinski definition) is 0. The van der Waals surface area contributed by atoms with E-state index in [1.54, 1.807) is 0 Å². The summed E-state index contributed by atoms with van der Waals surface area (Å²) in [5.41, 5.74) is 4.51. The van der Waals surface area contributed by atoms with E-state index in [-0.39, 0.29) is 5.97 Å². The van der Waals surface area contributed by atoms with Gasteiger partial charge in [-0.2, -0.15) is 0 Å². The predicted molar refractivity (Wildman–Crippen MR) is 172 cm³/mol. The number of likely N-dealkylation sites (tertiary alicyclic amines) is 1. The van der Waals surface area contributed by atoms with Crippen LogP contribution in [0.4, 0.5) is 0 Å². The Labute approximate surface area is 253 Å². The predicted octanol–water partition coefficient (Wildman–Crippen LogP) is 7.68. The van der Waals surface area contributed by atoms with Crippen molar-refractivity contribution in [1.82, 2.24) is 4.90 Å². The number of piperidine rings is 1. The van der Waals surface area contributed by atoms with Gasteiger partial charge in [0.25, 0.3) is 0 Å². The Hall–Kier alpha value is -2.41. The molecule has 3 fully saturated rings. The number of esters is 1. The molecule has 3 aliphatic carbocycles.